The summed E-state index contributed by atoms with van der Waals surface area (Å²) in [6.07, 6.45) is 3.77. The predicted octanol–water partition coefficient (Wildman–Crippen LogP) is 17.4. The first-order valence-electron chi connectivity index (χ1n) is 24.4. The number of aromatic nitrogens is 1. The number of nitrogens with zero attached hydrogens (tertiary/aromatic N) is 2. The van der Waals surface area contributed by atoms with Gasteiger partial charge in [0.2, 0.25) is 0 Å². The molecule has 0 radical (unpaired) electrons. The lowest BCUT2D eigenvalue weighted by atomic mass is 9.76. The van der Waals surface area contributed by atoms with E-state index < -0.39 is 0 Å². The van der Waals surface area contributed by atoms with E-state index in [0.717, 1.165) is 53.2 Å². The van der Waals surface area contributed by atoms with E-state index in [2.05, 4.69) is 218 Å². The van der Waals surface area contributed by atoms with Crippen LogP contribution in [0.3, 0.4) is 0 Å². The third-order valence-corrected chi connectivity index (χ3v) is 15.5. The first kappa shape index (κ1) is 39.2. The molecule has 3 unspecified atom stereocenters. The minimum atomic E-state index is -0.00862. The van der Waals surface area contributed by atoms with Crippen molar-refractivity contribution in [2.45, 2.75) is 44.6 Å². The molecule has 3 heterocycles. The highest BCUT2D eigenvalue weighted by Crippen LogP contribution is 2.50. The molecule has 1 aliphatic carbocycles. The molecule has 14 rings (SSSR count). The van der Waals surface area contributed by atoms with Crippen molar-refractivity contribution in [2.75, 3.05) is 0 Å². The lowest BCUT2D eigenvalue weighted by molar-refractivity contribution is 0.476. The SMILES string of the molecule is CCC1C(c2ccc3c(c2)oc2ccccc23)=NC(c2cccc(-c3ccccc3)c2)CCC1c1cc2c(c(-n3c4ccccc4c4cc5ccccc5cc43)c1)Cc1c-2ccc2ccccc12. The molecule has 0 saturated heterocycles. The van der Waals surface area contributed by atoms with Gasteiger partial charge in [-0.15, -0.1) is 0 Å². The molecule has 324 valence electrons. The van der Waals surface area contributed by atoms with E-state index >= 15 is 0 Å². The van der Waals surface area contributed by atoms with E-state index in [4.69, 9.17) is 9.41 Å². The van der Waals surface area contributed by atoms with Gasteiger partial charge in [0.1, 0.15) is 11.2 Å². The lowest BCUT2D eigenvalue weighted by Gasteiger charge is -2.28. The summed E-state index contributed by atoms with van der Waals surface area (Å²) in [6, 6.07) is 76.6. The highest BCUT2D eigenvalue weighted by atomic mass is 16.3. The van der Waals surface area contributed by atoms with Crippen LogP contribution in [-0.2, 0) is 6.42 Å². The van der Waals surface area contributed by atoms with Gasteiger partial charge >= 0.3 is 0 Å². The zero-order chi connectivity index (χ0) is 44.9. The maximum atomic E-state index is 6.58. The van der Waals surface area contributed by atoms with Gasteiger partial charge in [-0.05, 0) is 145 Å². The fraction of sp³-hybridized carbons (Fsp3) is 0.123. The maximum absolute atomic E-state index is 6.58. The van der Waals surface area contributed by atoms with Gasteiger partial charge in [-0.3, -0.25) is 4.99 Å². The fourth-order valence-electron chi connectivity index (χ4n) is 12.3. The molecule has 3 heteroatoms. The number of rotatable bonds is 6. The van der Waals surface area contributed by atoms with Crippen LogP contribution >= 0.6 is 0 Å². The van der Waals surface area contributed by atoms with Gasteiger partial charge in [-0.2, -0.15) is 0 Å². The topological polar surface area (TPSA) is 30.4 Å². The summed E-state index contributed by atoms with van der Waals surface area (Å²) in [5.74, 6) is 0.361. The molecule has 2 aromatic heterocycles. The number of hydrogen-bond acceptors (Lipinski definition) is 2. The monoisotopic (exact) mass is 872 g/mol. The smallest absolute Gasteiger partial charge is 0.136 e. The third kappa shape index (κ3) is 6.15. The second kappa shape index (κ2) is 15.5. The van der Waals surface area contributed by atoms with Gasteiger partial charge in [0.05, 0.1) is 22.8 Å². The quantitative estimate of drug-likeness (QED) is 0.164. The fourth-order valence-corrected chi connectivity index (χ4v) is 12.3. The summed E-state index contributed by atoms with van der Waals surface area (Å²) in [7, 11) is 0. The Hall–Kier alpha value is -8.01. The highest BCUT2D eigenvalue weighted by Gasteiger charge is 2.35. The van der Waals surface area contributed by atoms with Crippen molar-refractivity contribution in [3.63, 3.8) is 0 Å². The molecule has 0 bridgehead atoms. The number of aliphatic imine (C=N–C) groups is 1. The molecule has 1 aliphatic heterocycles. The van der Waals surface area contributed by atoms with Crippen LogP contribution in [0.1, 0.15) is 66.0 Å². The molecule has 0 spiro atoms. The third-order valence-electron chi connectivity index (χ3n) is 15.5. The molecule has 10 aromatic carbocycles. The molecule has 0 saturated carbocycles. The van der Waals surface area contributed by atoms with Crippen molar-refractivity contribution in [1.82, 2.24) is 4.57 Å². The lowest BCUT2D eigenvalue weighted by Crippen LogP contribution is -2.22. The van der Waals surface area contributed by atoms with E-state index in [9.17, 15) is 0 Å². The first-order chi connectivity index (χ1) is 33.6. The van der Waals surface area contributed by atoms with Crippen LogP contribution in [0.25, 0.3) is 93.2 Å². The van der Waals surface area contributed by atoms with E-state index in [1.54, 1.807) is 0 Å². The van der Waals surface area contributed by atoms with Crippen molar-refractivity contribution in [1.29, 1.82) is 0 Å². The van der Waals surface area contributed by atoms with Crippen LogP contribution in [0.4, 0.5) is 0 Å². The average molecular weight is 873 g/mol. The zero-order valence-corrected chi connectivity index (χ0v) is 38.0. The van der Waals surface area contributed by atoms with Crippen LogP contribution in [0.2, 0.25) is 0 Å². The van der Waals surface area contributed by atoms with Crippen LogP contribution in [-0.4, -0.2) is 10.3 Å². The highest BCUT2D eigenvalue weighted by molar-refractivity contribution is 6.14. The van der Waals surface area contributed by atoms with Crippen LogP contribution in [0.15, 0.2) is 216 Å². The van der Waals surface area contributed by atoms with Gasteiger partial charge in [0.25, 0.3) is 0 Å². The molecule has 0 fully saturated rings. The Morgan fingerprint density at radius 3 is 2.07 bits per heavy atom. The van der Waals surface area contributed by atoms with Crippen molar-refractivity contribution in [3.8, 4) is 27.9 Å². The Kier molecular flexibility index (Phi) is 8.95. The summed E-state index contributed by atoms with van der Waals surface area (Å²) in [5, 5.41) is 10.0. The molecule has 0 N–H and O–H groups in total. The zero-order valence-electron chi connectivity index (χ0n) is 38.0. The minimum Gasteiger partial charge on any atom is -0.456 e. The molecule has 12 aromatic rings. The molecule has 2 aliphatic rings. The Balaban J connectivity index is 0.999. The van der Waals surface area contributed by atoms with Crippen molar-refractivity contribution < 1.29 is 4.42 Å². The van der Waals surface area contributed by atoms with E-state index in [1.165, 1.54) is 99.3 Å². The molecule has 3 nitrogen and oxygen atoms in total. The first-order valence-corrected chi connectivity index (χ1v) is 24.4. The number of para-hydroxylation sites is 2. The van der Waals surface area contributed by atoms with Gasteiger partial charge < -0.3 is 8.98 Å². The summed E-state index contributed by atoms with van der Waals surface area (Å²) >= 11 is 0. The summed E-state index contributed by atoms with van der Waals surface area (Å²) < 4.78 is 9.19. The van der Waals surface area contributed by atoms with Crippen molar-refractivity contribution in [2.24, 2.45) is 10.9 Å². The van der Waals surface area contributed by atoms with Gasteiger partial charge in [0.15, 0.2) is 0 Å². The molecule has 0 amide bonds. The van der Waals surface area contributed by atoms with Crippen LogP contribution < -0.4 is 0 Å². The summed E-state index contributed by atoms with van der Waals surface area (Å²) in [4.78, 5) is 5.94. The number of furan rings is 1. The molecular weight excluding hydrogens is 825 g/mol. The standard InChI is InChI=1S/C65H48N2O/c1-2-48-50(31-32-59(45-21-14-20-42(33-45)40-15-4-3-5-16-40)66-65(48)46-28-30-54-53-24-11-13-26-63(53)68-64(54)38-46)47-35-55-51-29-27-41-17-8-9-22-49(41)56(51)39-58(55)62(37-47)67-60-25-12-10-23-52(60)57-34-43-18-6-7-19-44(43)36-61(57)67/h3-30,33-38,48,50,59H,2,31-32,39H2,1H3. The minimum absolute atomic E-state index is 0.00862. The molecular formula is C65H48N2O. The Labute approximate surface area is 395 Å². The Morgan fingerprint density at radius 1 is 0.471 bits per heavy atom. The van der Waals surface area contributed by atoms with Crippen LogP contribution in [0.5, 0.6) is 0 Å². The molecule has 3 atom stereocenters. The van der Waals surface area contributed by atoms with E-state index in [0.29, 0.717) is 0 Å². The second-order valence-electron chi connectivity index (χ2n) is 19.2. The van der Waals surface area contributed by atoms with Crippen molar-refractivity contribution >= 4 is 71.0 Å². The van der Waals surface area contributed by atoms with Crippen LogP contribution in [0, 0.1) is 5.92 Å². The Bertz CT molecular complexity index is 4020. The van der Waals surface area contributed by atoms with Crippen molar-refractivity contribution in [3.05, 3.63) is 234 Å². The van der Waals surface area contributed by atoms with Gasteiger partial charge in [0, 0.05) is 39.6 Å². The van der Waals surface area contributed by atoms with Gasteiger partial charge in [-0.25, -0.2) is 0 Å². The molecule has 68 heavy (non-hydrogen) atoms. The number of benzene rings is 10. The largest absolute Gasteiger partial charge is 0.456 e. The summed E-state index contributed by atoms with van der Waals surface area (Å²) in [6.45, 7) is 2.37. The van der Waals surface area contributed by atoms with E-state index in [-0.39, 0.29) is 17.9 Å². The predicted molar refractivity (Wildman–Crippen MR) is 285 cm³/mol. The maximum Gasteiger partial charge on any atom is 0.136 e. The second-order valence-corrected chi connectivity index (χ2v) is 19.2. The average Bonchev–Trinajstić information content (AvgIpc) is 4.02. The number of fused-ring (bicyclic) bond motifs is 12. The Morgan fingerprint density at radius 2 is 1.21 bits per heavy atom. The summed E-state index contributed by atoms with van der Waals surface area (Å²) in [5.41, 5.74) is 18.6. The number of hydrogen-bond donors (Lipinski definition) is 0. The normalized spacial score (nSPS) is 17.0. The van der Waals surface area contributed by atoms with Gasteiger partial charge in [-0.1, -0.05) is 165 Å². The van der Waals surface area contributed by atoms with E-state index in [1.807, 2.05) is 0 Å².